The zero-order valence-electron chi connectivity index (χ0n) is 24.6. The molecule has 7 rings (SSSR count). The number of rotatable bonds is 7. The van der Waals surface area contributed by atoms with Gasteiger partial charge in [0.15, 0.2) is 16.3 Å². The largest absolute Gasteiger partial charge is 0.496 e. The molecular formula is C36H28BrClN2O4S. The van der Waals surface area contributed by atoms with Gasteiger partial charge in [-0.2, -0.15) is 0 Å². The van der Waals surface area contributed by atoms with E-state index in [-0.39, 0.29) is 18.2 Å². The summed E-state index contributed by atoms with van der Waals surface area (Å²) in [5.41, 5.74) is 6.97. The highest BCUT2D eigenvalue weighted by atomic mass is 79.9. The fourth-order valence-corrected chi connectivity index (χ4v) is 7.84. The fourth-order valence-electron chi connectivity index (χ4n) is 6.07. The van der Waals surface area contributed by atoms with Gasteiger partial charge in [0.25, 0.3) is 5.56 Å². The van der Waals surface area contributed by atoms with E-state index < -0.39 is 0 Å². The quantitative estimate of drug-likeness (QED) is 0.179. The van der Waals surface area contributed by atoms with Gasteiger partial charge in [-0.1, -0.05) is 83.6 Å². The zero-order chi connectivity index (χ0) is 31.1. The van der Waals surface area contributed by atoms with Crippen molar-refractivity contribution >= 4 is 50.6 Å². The fraction of sp³-hybridized carbons (Fsp3) is 0.167. The third-order valence-corrected chi connectivity index (χ3v) is 10.1. The Kier molecular flexibility index (Phi) is 8.12. The number of fused-ring (bicyclic) bond motifs is 3. The standard InChI is InChI=1S/C36H28BrClN2O4S/c1-42-29-14-8-6-12-25(29)33-26-16-15-22-9-3-5-11-24(22)32(26)39-36-40(33)35(41)31(45-36)19-21-17-27(37)34(30(18-21)43-2)44-20-23-10-4-7-13-28(23)38/h3-14,17-19,33H,15-16,20H2,1-2H3/b31-19-/t33-/m0/s1. The SMILES string of the molecule is COc1ccccc1[C@H]1C2=C(N=c3s/c(=C\c4cc(Br)c(OCc5ccccc5Cl)c(OC)c4)c(=O)n31)c1ccccc1CC2. The minimum Gasteiger partial charge on any atom is -0.496 e. The van der Waals surface area contributed by atoms with Crippen molar-refractivity contribution in [2.24, 2.45) is 4.99 Å². The van der Waals surface area contributed by atoms with E-state index >= 15 is 0 Å². The molecule has 0 spiro atoms. The molecule has 1 aliphatic carbocycles. The lowest BCUT2D eigenvalue weighted by atomic mass is 9.83. The van der Waals surface area contributed by atoms with Gasteiger partial charge in [0.1, 0.15) is 12.4 Å². The van der Waals surface area contributed by atoms with Gasteiger partial charge >= 0.3 is 0 Å². The van der Waals surface area contributed by atoms with Crippen molar-refractivity contribution in [3.8, 4) is 17.2 Å². The van der Waals surface area contributed by atoms with Gasteiger partial charge in [0, 0.05) is 21.7 Å². The lowest BCUT2D eigenvalue weighted by Gasteiger charge is -2.31. The van der Waals surface area contributed by atoms with Gasteiger partial charge in [0.2, 0.25) is 0 Å². The van der Waals surface area contributed by atoms with Crippen LogP contribution < -0.4 is 29.1 Å². The monoisotopic (exact) mass is 698 g/mol. The Labute approximate surface area is 277 Å². The minimum absolute atomic E-state index is 0.103. The second kappa shape index (κ2) is 12.4. The summed E-state index contributed by atoms with van der Waals surface area (Å²) >= 11 is 11.4. The Balaban J connectivity index is 1.35. The van der Waals surface area contributed by atoms with Crippen molar-refractivity contribution in [1.29, 1.82) is 0 Å². The Morgan fingerprint density at radius 3 is 2.56 bits per heavy atom. The van der Waals surface area contributed by atoms with Gasteiger partial charge in [0.05, 0.1) is 35.0 Å². The predicted octanol–water partition coefficient (Wildman–Crippen LogP) is 7.33. The smallest absolute Gasteiger partial charge is 0.271 e. The maximum Gasteiger partial charge on any atom is 0.271 e. The number of allylic oxidation sites excluding steroid dienone is 1. The maximum absolute atomic E-state index is 14.3. The van der Waals surface area contributed by atoms with Crippen LogP contribution in [0.1, 0.15) is 40.3 Å². The Morgan fingerprint density at radius 2 is 1.73 bits per heavy atom. The summed E-state index contributed by atoms with van der Waals surface area (Å²) in [6.45, 7) is 0.281. The summed E-state index contributed by atoms with van der Waals surface area (Å²) < 4.78 is 20.7. The summed E-state index contributed by atoms with van der Waals surface area (Å²) in [7, 11) is 3.26. The van der Waals surface area contributed by atoms with Crippen molar-refractivity contribution in [3.63, 3.8) is 0 Å². The van der Waals surface area contributed by atoms with Crippen LogP contribution in [0, 0.1) is 0 Å². The summed E-state index contributed by atoms with van der Waals surface area (Å²) in [5, 5.41) is 0.635. The van der Waals surface area contributed by atoms with E-state index in [9.17, 15) is 4.79 Å². The summed E-state index contributed by atoms with van der Waals surface area (Å²) in [6, 6.07) is 27.3. The number of aryl methyl sites for hydroxylation is 1. The molecule has 5 aromatic rings. The predicted molar refractivity (Wildman–Crippen MR) is 182 cm³/mol. The Morgan fingerprint density at radius 1 is 0.978 bits per heavy atom. The molecule has 45 heavy (non-hydrogen) atoms. The zero-order valence-corrected chi connectivity index (χ0v) is 27.7. The first-order valence-electron chi connectivity index (χ1n) is 14.5. The second-order valence-electron chi connectivity index (χ2n) is 10.8. The van der Waals surface area contributed by atoms with Crippen molar-refractivity contribution < 1.29 is 14.2 Å². The number of methoxy groups -OCH3 is 2. The molecule has 0 saturated carbocycles. The van der Waals surface area contributed by atoms with Crippen LogP contribution in [0.4, 0.5) is 0 Å². The third kappa shape index (κ3) is 5.41. The molecule has 2 heterocycles. The number of para-hydroxylation sites is 1. The van der Waals surface area contributed by atoms with Crippen molar-refractivity contribution in [2.45, 2.75) is 25.5 Å². The molecule has 0 unspecified atom stereocenters. The second-order valence-corrected chi connectivity index (χ2v) is 13.0. The summed E-state index contributed by atoms with van der Waals surface area (Å²) in [5.74, 6) is 1.83. The highest BCUT2D eigenvalue weighted by Crippen LogP contribution is 2.43. The Bertz CT molecular complexity index is 2170. The van der Waals surface area contributed by atoms with Crippen molar-refractivity contribution in [1.82, 2.24) is 4.57 Å². The van der Waals surface area contributed by atoms with E-state index in [1.54, 1.807) is 14.2 Å². The molecule has 0 bridgehead atoms. The molecule has 1 aliphatic heterocycles. The van der Waals surface area contributed by atoms with Crippen molar-refractivity contribution in [3.05, 3.63) is 148 Å². The number of hydrogen-bond acceptors (Lipinski definition) is 6. The highest BCUT2D eigenvalue weighted by molar-refractivity contribution is 9.10. The highest BCUT2D eigenvalue weighted by Gasteiger charge is 2.34. The number of benzene rings is 4. The molecule has 2 aliphatic rings. The van der Waals surface area contributed by atoms with Crippen LogP contribution in [-0.2, 0) is 13.0 Å². The molecule has 0 fully saturated rings. The van der Waals surface area contributed by atoms with Crippen LogP contribution in [0.25, 0.3) is 11.8 Å². The maximum atomic E-state index is 14.3. The third-order valence-electron chi connectivity index (χ3n) is 8.19. The van der Waals surface area contributed by atoms with E-state index in [1.807, 2.05) is 77.4 Å². The number of hydrogen-bond donors (Lipinski definition) is 0. The number of halogens is 2. The van der Waals surface area contributed by atoms with Crippen LogP contribution in [-0.4, -0.2) is 18.8 Å². The van der Waals surface area contributed by atoms with Crippen LogP contribution >= 0.6 is 38.9 Å². The topological polar surface area (TPSA) is 62.0 Å². The van der Waals surface area contributed by atoms with E-state index in [2.05, 4.69) is 34.1 Å². The molecule has 6 nitrogen and oxygen atoms in total. The number of nitrogens with zero attached hydrogens (tertiary/aromatic N) is 2. The lowest BCUT2D eigenvalue weighted by molar-refractivity contribution is 0.282. The molecule has 0 saturated heterocycles. The van der Waals surface area contributed by atoms with E-state index in [4.69, 9.17) is 30.8 Å². The summed E-state index contributed by atoms with van der Waals surface area (Å²) in [4.78, 5) is 20.0. The van der Waals surface area contributed by atoms with Gasteiger partial charge in [-0.15, -0.1) is 0 Å². The van der Waals surface area contributed by atoms with Gasteiger partial charge in [-0.25, -0.2) is 4.99 Å². The first-order chi connectivity index (χ1) is 22.0. The molecule has 4 aromatic carbocycles. The van der Waals surface area contributed by atoms with Crippen LogP contribution in [0.3, 0.4) is 0 Å². The number of ether oxygens (including phenoxy) is 3. The van der Waals surface area contributed by atoms with Crippen molar-refractivity contribution in [2.75, 3.05) is 14.2 Å². The number of aromatic nitrogens is 1. The van der Waals surface area contributed by atoms with E-state index in [1.165, 1.54) is 16.9 Å². The van der Waals surface area contributed by atoms with E-state index in [0.29, 0.717) is 30.3 Å². The average Bonchev–Trinajstić information content (AvgIpc) is 3.37. The van der Waals surface area contributed by atoms with Crippen LogP contribution in [0.15, 0.2) is 105 Å². The molecule has 0 amide bonds. The van der Waals surface area contributed by atoms with Crippen LogP contribution in [0.5, 0.6) is 17.2 Å². The molecule has 1 atom stereocenters. The van der Waals surface area contributed by atoms with Gasteiger partial charge < -0.3 is 14.2 Å². The normalized spacial score (nSPS) is 15.6. The van der Waals surface area contributed by atoms with Gasteiger partial charge in [-0.3, -0.25) is 9.36 Å². The first kappa shape index (κ1) is 29.6. The summed E-state index contributed by atoms with van der Waals surface area (Å²) in [6.07, 6.45) is 3.58. The Hall–Kier alpha value is -4.11. The molecule has 0 radical (unpaired) electrons. The minimum atomic E-state index is -0.329. The number of thiazole rings is 1. The molecule has 1 aromatic heterocycles. The van der Waals surface area contributed by atoms with E-state index in [0.717, 1.165) is 52.1 Å². The lowest BCUT2D eigenvalue weighted by Crippen LogP contribution is -2.39. The van der Waals surface area contributed by atoms with Gasteiger partial charge in [-0.05, 0) is 75.8 Å². The first-order valence-corrected chi connectivity index (χ1v) is 16.5. The molecule has 9 heteroatoms. The molecule has 0 N–H and O–H groups in total. The average molecular weight is 700 g/mol. The molecular weight excluding hydrogens is 672 g/mol. The molecule has 226 valence electrons. The van der Waals surface area contributed by atoms with Crippen LogP contribution in [0.2, 0.25) is 5.02 Å².